The molecule has 11 unspecified atom stereocenters. The van der Waals surface area contributed by atoms with Crippen molar-refractivity contribution >= 4 is 5.97 Å². The summed E-state index contributed by atoms with van der Waals surface area (Å²) < 4.78 is 31.4. The molecular formula is C34H48O8. The second-order valence-electron chi connectivity index (χ2n) is 13.3. The van der Waals surface area contributed by atoms with Crippen LogP contribution in [0.15, 0.2) is 59.3 Å². The third-order valence-corrected chi connectivity index (χ3v) is 9.73. The van der Waals surface area contributed by atoms with Crippen molar-refractivity contribution in [3.8, 4) is 0 Å². The van der Waals surface area contributed by atoms with Gasteiger partial charge in [-0.05, 0) is 49.0 Å². The van der Waals surface area contributed by atoms with Gasteiger partial charge in [0.05, 0.1) is 24.9 Å². The van der Waals surface area contributed by atoms with Gasteiger partial charge >= 0.3 is 5.97 Å². The zero-order valence-corrected chi connectivity index (χ0v) is 26.0. The molecule has 4 heterocycles. The quantitative estimate of drug-likeness (QED) is 0.360. The minimum Gasteiger partial charge on any atom is -0.462 e. The fraction of sp³-hybridized carbons (Fsp3) is 0.676. The number of carbonyl (C=O) groups is 1. The number of aliphatic hydroxyl groups is 2. The molecule has 0 saturated carbocycles. The lowest BCUT2D eigenvalue weighted by molar-refractivity contribution is -0.299. The Hall–Kier alpha value is -2.07. The predicted molar refractivity (Wildman–Crippen MR) is 158 cm³/mol. The number of esters is 1. The second-order valence-corrected chi connectivity index (χ2v) is 13.3. The van der Waals surface area contributed by atoms with E-state index >= 15 is 0 Å². The van der Waals surface area contributed by atoms with Crippen LogP contribution in [0.3, 0.4) is 0 Å². The van der Waals surface area contributed by atoms with Gasteiger partial charge in [-0.1, -0.05) is 64.2 Å². The van der Waals surface area contributed by atoms with Crippen LogP contribution in [0.1, 0.15) is 60.8 Å². The first-order chi connectivity index (χ1) is 19.9. The SMILES string of the molecule is COC1C(C)=CC2C(=O)OC3CC(CC=C(C)C(O)C(C)C=CC=C4COC1C42O)OC1(C=CC(C)C(C(C)C)O1)C3. The summed E-state index contributed by atoms with van der Waals surface area (Å²) in [6.45, 7) is 12.3. The normalized spacial score (nSPS) is 44.4. The summed E-state index contributed by atoms with van der Waals surface area (Å²) in [4.78, 5) is 14.0. The Morgan fingerprint density at radius 3 is 2.55 bits per heavy atom. The molecule has 0 amide bonds. The van der Waals surface area contributed by atoms with E-state index in [9.17, 15) is 15.0 Å². The van der Waals surface area contributed by atoms with Crippen molar-refractivity contribution in [3.05, 3.63) is 59.3 Å². The van der Waals surface area contributed by atoms with E-state index in [2.05, 4.69) is 26.8 Å². The van der Waals surface area contributed by atoms with E-state index in [-0.39, 0.29) is 36.6 Å². The minimum atomic E-state index is -1.64. The lowest BCUT2D eigenvalue weighted by Crippen LogP contribution is -2.58. The van der Waals surface area contributed by atoms with Crippen LogP contribution in [0, 0.1) is 23.7 Å². The standard InChI is InChI=1S/C34H48O8/c1-19(2)29-22(5)13-14-33(42-29)17-26-16-25(41-33)12-11-21(4)28(35)20(3)9-8-10-24-18-39-31-30(38-7)23(6)15-27(32(36)40-26)34(24,31)37/h8-11,13-15,19-20,22,25-31,35,37H,12,16-18H2,1-7H3. The van der Waals surface area contributed by atoms with Crippen LogP contribution in [0.25, 0.3) is 0 Å². The smallest absolute Gasteiger partial charge is 0.316 e. The van der Waals surface area contributed by atoms with Crippen molar-refractivity contribution in [2.24, 2.45) is 23.7 Å². The highest BCUT2D eigenvalue weighted by Crippen LogP contribution is 2.47. The van der Waals surface area contributed by atoms with Gasteiger partial charge in [0.1, 0.15) is 29.8 Å². The van der Waals surface area contributed by atoms with Gasteiger partial charge in [0.15, 0.2) is 5.79 Å². The van der Waals surface area contributed by atoms with Crippen LogP contribution in [-0.4, -0.2) is 77.9 Å². The van der Waals surface area contributed by atoms with Crippen LogP contribution < -0.4 is 0 Å². The van der Waals surface area contributed by atoms with Gasteiger partial charge in [-0.15, -0.1) is 0 Å². The Morgan fingerprint density at radius 1 is 1.07 bits per heavy atom. The summed E-state index contributed by atoms with van der Waals surface area (Å²) in [6.07, 6.45) is 12.0. The first-order valence-electron chi connectivity index (χ1n) is 15.4. The van der Waals surface area contributed by atoms with Gasteiger partial charge in [-0.3, -0.25) is 4.79 Å². The lowest BCUT2D eigenvalue weighted by atomic mass is 9.70. The third-order valence-electron chi connectivity index (χ3n) is 9.73. The van der Waals surface area contributed by atoms with Gasteiger partial charge < -0.3 is 33.9 Å². The van der Waals surface area contributed by atoms with E-state index in [0.717, 1.165) is 11.1 Å². The van der Waals surface area contributed by atoms with Crippen molar-refractivity contribution in [3.63, 3.8) is 0 Å². The summed E-state index contributed by atoms with van der Waals surface area (Å²) in [6, 6.07) is 0. The topological polar surface area (TPSA) is 104 Å². The fourth-order valence-electron chi connectivity index (χ4n) is 7.32. The van der Waals surface area contributed by atoms with Crippen molar-refractivity contribution in [1.29, 1.82) is 0 Å². The number of hydrogen-bond acceptors (Lipinski definition) is 8. The largest absolute Gasteiger partial charge is 0.462 e. The molecule has 2 bridgehead atoms. The van der Waals surface area contributed by atoms with E-state index in [4.69, 9.17) is 23.7 Å². The van der Waals surface area contributed by atoms with E-state index < -0.39 is 47.7 Å². The maximum atomic E-state index is 14.0. The van der Waals surface area contributed by atoms with E-state index in [1.54, 1.807) is 19.3 Å². The molecule has 0 aromatic carbocycles. The summed E-state index contributed by atoms with van der Waals surface area (Å²) in [7, 11) is 1.58. The molecule has 5 aliphatic rings. The Balaban J connectivity index is 1.56. The molecule has 5 rings (SSSR count). The zero-order chi connectivity index (χ0) is 30.4. The molecule has 2 saturated heterocycles. The molecular weight excluding hydrogens is 536 g/mol. The van der Waals surface area contributed by atoms with Crippen molar-refractivity contribution in [2.75, 3.05) is 13.7 Å². The Kier molecular flexibility index (Phi) is 9.06. The van der Waals surface area contributed by atoms with Gasteiger partial charge in [0, 0.05) is 31.8 Å². The molecule has 2 N–H and O–H groups in total. The summed E-state index contributed by atoms with van der Waals surface area (Å²) in [5, 5.41) is 23.3. The number of fused-ring (bicyclic) bond motifs is 2. The molecule has 2 fully saturated rings. The van der Waals surface area contributed by atoms with Crippen molar-refractivity contribution in [1.82, 2.24) is 0 Å². The van der Waals surface area contributed by atoms with Crippen LogP contribution in [0.2, 0.25) is 0 Å². The highest BCUT2D eigenvalue weighted by atomic mass is 16.7. The Labute approximate surface area is 250 Å². The Morgan fingerprint density at radius 2 is 1.83 bits per heavy atom. The Bertz CT molecular complexity index is 1180. The summed E-state index contributed by atoms with van der Waals surface area (Å²) in [5.41, 5.74) is 0.589. The van der Waals surface area contributed by atoms with Crippen LogP contribution in [0.5, 0.6) is 0 Å². The van der Waals surface area contributed by atoms with Crippen LogP contribution >= 0.6 is 0 Å². The highest BCUT2D eigenvalue weighted by Gasteiger charge is 2.60. The third kappa shape index (κ3) is 5.74. The highest BCUT2D eigenvalue weighted by molar-refractivity contribution is 5.78. The first-order valence-corrected chi connectivity index (χ1v) is 15.4. The number of allylic oxidation sites excluding steroid dienone is 2. The number of hydrogen-bond donors (Lipinski definition) is 2. The molecule has 8 heteroatoms. The molecule has 0 radical (unpaired) electrons. The molecule has 42 heavy (non-hydrogen) atoms. The molecule has 1 spiro atoms. The monoisotopic (exact) mass is 584 g/mol. The summed E-state index contributed by atoms with van der Waals surface area (Å²) in [5.74, 6) is -2.19. The van der Waals surface area contributed by atoms with E-state index in [1.807, 2.05) is 45.1 Å². The van der Waals surface area contributed by atoms with Crippen molar-refractivity contribution in [2.45, 2.75) is 109 Å². The van der Waals surface area contributed by atoms with Crippen LogP contribution in [0.4, 0.5) is 0 Å². The second kappa shape index (κ2) is 12.1. The maximum absolute atomic E-state index is 14.0. The number of methoxy groups -OCH3 is 1. The molecule has 232 valence electrons. The fourth-order valence-corrected chi connectivity index (χ4v) is 7.32. The first kappa shape index (κ1) is 31.4. The van der Waals surface area contributed by atoms with Gasteiger partial charge in [-0.2, -0.15) is 0 Å². The van der Waals surface area contributed by atoms with Crippen molar-refractivity contribution < 1.29 is 38.7 Å². The lowest BCUT2D eigenvalue weighted by Gasteiger charge is -2.48. The zero-order valence-electron chi connectivity index (χ0n) is 26.0. The molecule has 11 atom stereocenters. The average molecular weight is 585 g/mol. The number of rotatable bonds is 2. The summed E-state index contributed by atoms with van der Waals surface area (Å²) >= 11 is 0. The molecule has 1 aliphatic carbocycles. The molecule has 4 aliphatic heterocycles. The van der Waals surface area contributed by atoms with E-state index in [1.165, 1.54) is 0 Å². The maximum Gasteiger partial charge on any atom is 0.316 e. The van der Waals surface area contributed by atoms with Gasteiger partial charge in [-0.25, -0.2) is 0 Å². The average Bonchev–Trinajstić information content (AvgIpc) is 3.28. The van der Waals surface area contributed by atoms with Crippen LogP contribution in [-0.2, 0) is 28.5 Å². The molecule has 0 aromatic heterocycles. The van der Waals surface area contributed by atoms with E-state index in [0.29, 0.717) is 24.8 Å². The van der Waals surface area contributed by atoms with Gasteiger partial charge in [0.2, 0.25) is 0 Å². The number of carbonyl (C=O) groups excluding carboxylic acids is 1. The predicted octanol–water partition coefficient (Wildman–Crippen LogP) is 4.57. The van der Waals surface area contributed by atoms with Gasteiger partial charge in [0.25, 0.3) is 0 Å². The molecule has 8 nitrogen and oxygen atoms in total. The number of ether oxygens (including phenoxy) is 5. The minimum absolute atomic E-state index is 0.0468. The molecule has 0 aromatic rings. The number of aliphatic hydroxyl groups excluding tert-OH is 1.